The number of allylic oxidation sites excluding steroid dienone is 1. The number of aliphatic imine (C=N–C) groups is 2. The molecule has 2 rings (SSSR count). The number of hydrogen-bond acceptors (Lipinski definition) is 3. The number of amidine groups is 1. The van der Waals surface area contributed by atoms with E-state index in [0.29, 0.717) is 11.4 Å². The Morgan fingerprint density at radius 2 is 2.25 bits per heavy atom. The van der Waals surface area contributed by atoms with E-state index < -0.39 is 0 Å². The van der Waals surface area contributed by atoms with Crippen LogP contribution in [0.25, 0.3) is 0 Å². The molecule has 2 heterocycles. The predicted molar refractivity (Wildman–Crippen MR) is 44.5 cm³/mol. The molecule has 5 nitrogen and oxygen atoms in total. The molecule has 0 aromatic heterocycles. The molecule has 2 aliphatic rings. The summed E-state index contributed by atoms with van der Waals surface area (Å²) in [5.74, 6) is -0.0996. The van der Waals surface area contributed by atoms with Crippen LogP contribution in [-0.4, -0.2) is 23.4 Å². The molecule has 0 bridgehead atoms. The second kappa shape index (κ2) is 2.10. The maximum absolute atomic E-state index is 11.2. The van der Waals surface area contributed by atoms with Gasteiger partial charge in [0, 0.05) is 5.71 Å². The maximum Gasteiger partial charge on any atom is 0.261 e. The standard InChI is InChI=1S/C7H6N4O/c1-3-2-4-5(9-3)10-7(8)11-6(4)12/h2H,1H3,(H2,8,11,12). The second-order valence-electron chi connectivity index (χ2n) is 2.55. The van der Waals surface area contributed by atoms with E-state index in [9.17, 15) is 4.79 Å². The van der Waals surface area contributed by atoms with Crippen molar-refractivity contribution in [2.45, 2.75) is 6.92 Å². The zero-order valence-electron chi connectivity index (χ0n) is 6.38. The number of nitrogens with one attached hydrogen (secondary N) is 2. The van der Waals surface area contributed by atoms with Crippen molar-refractivity contribution in [1.29, 1.82) is 5.41 Å². The van der Waals surface area contributed by atoms with E-state index in [1.165, 1.54) is 0 Å². The molecule has 0 atom stereocenters. The van der Waals surface area contributed by atoms with Crippen LogP contribution in [0.5, 0.6) is 0 Å². The molecular formula is C7H6N4O. The average molecular weight is 162 g/mol. The summed E-state index contributed by atoms with van der Waals surface area (Å²) < 4.78 is 0. The first-order chi connectivity index (χ1) is 5.66. The van der Waals surface area contributed by atoms with E-state index in [4.69, 9.17) is 5.41 Å². The quantitative estimate of drug-likeness (QED) is 0.510. The molecule has 0 aromatic rings. The lowest BCUT2D eigenvalue weighted by Crippen LogP contribution is -2.36. The van der Waals surface area contributed by atoms with E-state index in [1.54, 1.807) is 13.0 Å². The van der Waals surface area contributed by atoms with Crippen molar-refractivity contribution in [1.82, 2.24) is 5.32 Å². The zero-order valence-corrected chi connectivity index (χ0v) is 6.38. The largest absolute Gasteiger partial charge is 0.291 e. The number of nitrogens with zero attached hydrogens (tertiary/aromatic N) is 2. The molecule has 0 aromatic carbocycles. The molecule has 0 fully saturated rings. The third-order valence-corrected chi connectivity index (χ3v) is 1.57. The monoisotopic (exact) mass is 162 g/mol. The van der Waals surface area contributed by atoms with Crippen LogP contribution in [0.4, 0.5) is 0 Å². The Morgan fingerprint density at radius 3 is 3.00 bits per heavy atom. The smallest absolute Gasteiger partial charge is 0.261 e. The van der Waals surface area contributed by atoms with Crippen LogP contribution in [-0.2, 0) is 4.79 Å². The summed E-state index contributed by atoms with van der Waals surface area (Å²) in [5.41, 5.74) is 1.19. The Bertz CT molecular complexity index is 375. The molecule has 0 radical (unpaired) electrons. The van der Waals surface area contributed by atoms with Gasteiger partial charge in [0.05, 0.1) is 5.57 Å². The lowest BCUT2D eigenvalue weighted by molar-refractivity contribution is -0.115. The minimum atomic E-state index is -0.300. The van der Waals surface area contributed by atoms with E-state index in [-0.39, 0.29) is 11.9 Å². The molecule has 1 amide bonds. The number of fused-ring (bicyclic) bond motifs is 1. The number of carbonyl (C=O) groups excluding carboxylic acids is 1. The van der Waals surface area contributed by atoms with Gasteiger partial charge in [0.25, 0.3) is 5.91 Å². The van der Waals surface area contributed by atoms with Crippen LogP contribution in [0.1, 0.15) is 6.92 Å². The summed E-state index contributed by atoms with van der Waals surface area (Å²) in [4.78, 5) is 18.9. The van der Waals surface area contributed by atoms with Crippen molar-refractivity contribution in [2.75, 3.05) is 0 Å². The molecule has 0 aliphatic carbocycles. The highest BCUT2D eigenvalue weighted by atomic mass is 16.2. The highest BCUT2D eigenvalue weighted by Crippen LogP contribution is 2.12. The minimum Gasteiger partial charge on any atom is -0.291 e. The van der Waals surface area contributed by atoms with E-state index in [2.05, 4.69) is 15.3 Å². The van der Waals surface area contributed by atoms with Crippen molar-refractivity contribution in [3.05, 3.63) is 11.6 Å². The third-order valence-electron chi connectivity index (χ3n) is 1.57. The fourth-order valence-electron chi connectivity index (χ4n) is 1.09. The molecule has 2 aliphatic heterocycles. The van der Waals surface area contributed by atoms with Gasteiger partial charge < -0.3 is 0 Å². The number of amides is 1. The third kappa shape index (κ3) is 0.868. The number of carbonyl (C=O) groups is 1. The molecule has 60 valence electrons. The Morgan fingerprint density at radius 1 is 1.50 bits per heavy atom. The Balaban J connectivity index is 2.53. The van der Waals surface area contributed by atoms with Gasteiger partial charge in [-0.15, -0.1) is 0 Å². The zero-order chi connectivity index (χ0) is 8.72. The molecule has 0 unspecified atom stereocenters. The Kier molecular flexibility index (Phi) is 1.21. The van der Waals surface area contributed by atoms with Crippen LogP contribution in [0.15, 0.2) is 21.6 Å². The molecule has 5 heteroatoms. The minimum absolute atomic E-state index is 0.148. The molecule has 2 N–H and O–H groups in total. The van der Waals surface area contributed by atoms with Crippen LogP contribution >= 0.6 is 0 Å². The summed E-state index contributed by atoms with van der Waals surface area (Å²) in [6, 6.07) is 0. The number of rotatable bonds is 0. The Labute approximate surface area is 68.4 Å². The highest BCUT2D eigenvalue weighted by molar-refractivity contribution is 6.36. The van der Waals surface area contributed by atoms with Gasteiger partial charge >= 0.3 is 0 Å². The van der Waals surface area contributed by atoms with E-state index in [1.807, 2.05) is 0 Å². The molecule has 0 saturated heterocycles. The summed E-state index contributed by atoms with van der Waals surface area (Å²) in [6.07, 6.45) is 1.65. The van der Waals surface area contributed by atoms with Crippen molar-refractivity contribution in [3.63, 3.8) is 0 Å². The second-order valence-corrected chi connectivity index (χ2v) is 2.55. The molecule has 0 saturated carbocycles. The fraction of sp³-hybridized carbons (Fsp3) is 0.143. The summed E-state index contributed by atoms with van der Waals surface area (Å²) >= 11 is 0. The Hall–Kier alpha value is -1.78. The van der Waals surface area contributed by atoms with E-state index >= 15 is 0 Å². The average Bonchev–Trinajstić information content (AvgIpc) is 2.29. The van der Waals surface area contributed by atoms with Gasteiger partial charge in [-0.25, -0.2) is 4.99 Å². The molecule has 0 spiro atoms. The predicted octanol–water partition coefficient (Wildman–Crippen LogP) is -0.150. The normalized spacial score (nSPS) is 20.9. The number of hydrogen-bond donors (Lipinski definition) is 2. The van der Waals surface area contributed by atoms with Crippen LogP contribution in [0, 0.1) is 5.41 Å². The lowest BCUT2D eigenvalue weighted by Gasteiger charge is -2.09. The van der Waals surface area contributed by atoms with Gasteiger partial charge in [0.2, 0.25) is 5.96 Å². The van der Waals surface area contributed by atoms with Crippen LogP contribution in [0.2, 0.25) is 0 Å². The first-order valence-corrected chi connectivity index (χ1v) is 3.43. The van der Waals surface area contributed by atoms with Crippen LogP contribution < -0.4 is 5.32 Å². The SMILES string of the molecule is CC1=NC2=NC(=N)NC(=O)C2=C1. The van der Waals surface area contributed by atoms with Crippen molar-refractivity contribution >= 4 is 23.4 Å². The topological polar surface area (TPSA) is 77.7 Å². The summed E-state index contributed by atoms with van der Waals surface area (Å²) in [7, 11) is 0. The van der Waals surface area contributed by atoms with Crippen molar-refractivity contribution < 1.29 is 4.79 Å². The fourth-order valence-corrected chi connectivity index (χ4v) is 1.09. The van der Waals surface area contributed by atoms with Gasteiger partial charge in [-0.3, -0.25) is 15.5 Å². The molecular weight excluding hydrogens is 156 g/mol. The van der Waals surface area contributed by atoms with Gasteiger partial charge in [-0.1, -0.05) is 0 Å². The van der Waals surface area contributed by atoms with Crippen LogP contribution in [0.3, 0.4) is 0 Å². The summed E-state index contributed by atoms with van der Waals surface area (Å²) in [5, 5.41) is 9.41. The van der Waals surface area contributed by atoms with Gasteiger partial charge in [-0.05, 0) is 13.0 Å². The van der Waals surface area contributed by atoms with Gasteiger partial charge in [-0.2, -0.15) is 4.99 Å². The lowest BCUT2D eigenvalue weighted by atomic mass is 10.2. The van der Waals surface area contributed by atoms with Gasteiger partial charge in [0.1, 0.15) is 0 Å². The first-order valence-electron chi connectivity index (χ1n) is 3.43. The molecule has 12 heavy (non-hydrogen) atoms. The van der Waals surface area contributed by atoms with Crippen molar-refractivity contribution in [2.24, 2.45) is 9.98 Å². The summed E-state index contributed by atoms with van der Waals surface area (Å²) in [6.45, 7) is 1.78. The maximum atomic E-state index is 11.2. The first kappa shape index (κ1) is 6.90. The highest BCUT2D eigenvalue weighted by Gasteiger charge is 2.25. The van der Waals surface area contributed by atoms with E-state index in [0.717, 1.165) is 5.71 Å². The van der Waals surface area contributed by atoms with Crippen molar-refractivity contribution in [3.8, 4) is 0 Å². The number of guanidine groups is 1. The van der Waals surface area contributed by atoms with Gasteiger partial charge in [0.15, 0.2) is 5.84 Å².